The molecule has 0 aromatic heterocycles. The minimum Gasteiger partial charge on any atom is -0.497 e. The first-order chi connectivity index (χ1) is 11.7. The van der Waals surface area contributed by atoms with E-state index in [4.69, 9.17) is 4.74 Å². The molecule has 0 saturated heterocycles. The van der Waals surface area contributed by atoms with E-state index in [9.17, 15) is 4.79 Å². The van der Waals surface area contributed by atoms with E-state index in [1.54, 1.807) is 14.0 Å². The zero-order valence-corrected chi connectivity index (χ0v) is 14.0. The average Bonchev–Trinajstić information content (AvgIpc) is 2.61. The number of fused-ring (bicyclic) bond motifs is 1. The third-order valence-electron chi connectivity index (χ3n) is 4.16. The van der Waals surface area contributed by atoms with Crippen molar-refractivity contribution in [1.29, 1.82) is 0 Å². The van der Waals surface area contributed by atoms with Crippen LogP contribution in [-0.4, -0.2) is 19.6 Å². The average molecular weight is 319 g/mol. The topological polar surface area (TPSA) is 38.3 Å². The summed E-state index contributed by atoms with van der Waals surface area (Å²) in [6.45, 7) is 2.20. The number of ether oxygens (including phenoxy) is 1. The van der Waals surface area contributed by atoms with Crippen molar-refractivity contribution in [3.63, 3.8) is 0 Å². The quantitative estimate of drug-likeness (QED) is 0.765. The zero-order chi connectivity index (χ0) is 16.9. The molecule has 1 N–H and O–H groups in total. The Morgan fingerprint density at radius 2 is 1.75 bits per heavy atom. The van der Waals surface area contributed by atoms with Crippen LogP contribution in [0.2, 0.25) is 0 Å². The van der Waals surface area contributed by atoms with E-state index in [-0.39, 0.29) is 5.91 Å². The lowest BCUT2D eigenvalue weighted by atomic mass is 9.97. The molecular weight excluding hydrogens is 298 g/mol. The highest BCUT2D eigenvalue weighted by Crippen LogP contribution is 2.28. The molecule has 0 aliphatic heterocycles. The van der Waals surface area contributed by atoms with E-state index >= 15 is 0 Å². The molecule has 0 aliphatic rings. The van der Waals surface area contributed by atoms with Gasteiger partial charge in [-0.05, 0) is 52.1 Å². The fourth-order valence-corrected chi connectivity index (χ4v) is 2.89. The van der Waals surface area contributed by atoms with E-state index in [1.165, 1.54) is 21.9 Å². The van der Waals surface area contributed by atoms with Crippen molar-refractivity contribution in [3.05, 3.63) is 66.2 Å². The fraction of sp³-hybridized carbons (Fsp3) is 0.190. The fourth-order valence-electron chi connectivity index (χ4n) is 2.89. The maximum Gasteiger partial charge on any atom is 0.216 e. The van der Waals surface area contributed by atoms with Gasteiger partial charge in [0, 0.05) is 13.5 Å². The summed E-state index contributed by atoms with van der Waals surface area (Å²) in [6, 6.07) is 20.9. The highest BCUT2D eigenvalue weighted by Gasteiger charge is 2.05. The molecule has 3 rings (SSSR count). The summed E-state index contributed by atoms with van der Waals surface area (Å²) in [6.07, 6.45) is 0.822. The lowest BCUT2D eigenvalue weighted by Gasteiger charge is -2.10. The zero-order valence-electron chi connectivity index (χ0n) is 14.0. The van der Waals surface area contributed by atoms with Gasteiger partial charge >= 0.3 is 0 Å². The first kappa shape index (κ1) is 16.1. The summed E-state index contributed by atoms with van der Waals surface area (Å²) >= 11 is 0. The highest BCUT2D eigenvalue weighted by atomic mass is 16.5. The van der Waals surface area contributed by atoms with Crippen LogP contribution in [0.1, 0.15) is 12.5 Å². The number of hydrogen-bond acceptors (Lipinski definition) is 2. The van der Waals surface area contributed by atoms with Gasteiger partial charge in [-0.2, -0.15) is 0 Å². The lowest BCUT2D eigenvalue weighted by molar-refractivity contribution is -0.118. The van der Waals surface area contributed by atoms with Gasteiger partial charge in [-0.1, -0.05) is 42.5 Å². The second-order valence-corrected chi connectivity index (χ2v) is 5.81. The Bertz CT molecular complexity index is 853. The molecular formula is C21H21NO2. The Morgan fingerprint density at radius 1 is 1.00 bits per heavy atom. The van der Waals surface area contributed by atoms with Crippen LogP contribution in [0.4, 0.5) is 0 Å². The summed E-state index contributed by atoms with van der Waals surface area (Å²) < 4.78 is 5.22. The van der Waals surface area contributed by atoms with Gasteiger partial charge in [0.2, 0.25) is 5.91 Å². The Morgan fingerprint density at radius 3 is 2.46 bits per heavy atom. The van der Waals surface area contributed by atoms with Gasteiger partial charge in [0.1, 0.15) is 5.75 Å². The monoisotopic (exact) mass is 319 g/mol. The number of hydrogen-bond donors (Lipinski definition) is 1. The largest absolute Gasteiger partial charge is 0.497 e. The molecule has 0 heterocycles. The molecule has 3 heteroatoms. The van der Waals surface area contributed by atoms with Crippen molar-refractivity contribution in [2.24, 2.45) is 0 Å². The standard InChI is InChI=1S/C21H21NO2/c1-15(23)22-13-12-18-5-3-4-17-6-7-19(14-21(17)18)16-8-10-20(24-2)11-9-16/h3-11,14H,12-13H2,1-2H3,(H,22,23). The van der Waals surface area contributed by atoms with Gasteiger partial charge in [0.15, 0.2) is 0 Å². The highest BCUT2D eigenvalue weighted by molar-refractivity contribution is 5.90. The number of nitrogens with one attached hydrogen (secondary N) is 1. The van der Waals surface area contributed by atoms with Gasteiger partial charge in [-0.25, -0.2) is 0 Å². The van der Waals surface area contributed by atoms with Gasteiger partial charge in [-0.3, -0.25) is 4.79 Å². The number of methoxy groups -OCH3 is 1. The van der Waals surface area contributed by atoms with Crippen LogP contribution in [0.5, 0.6) is 5.75 Å². The van der Waals surface area contributed by atoms with Gasteiger partial charge < -0.3 is 10.1 Å². The maximum absolute atomic E-state index is 11.1. The Balaban J connectivity index is 1.94. The molecule has 24 heavy (non-hydrogen) atoms. The number of amides is 1. The van der Waals surface area contributed by atoms with E-state index in [0.29, 0.717) is 6.54 Å². The molecule has 3 nitrogen and oxygen atoms in total. The summed E-state index contributed by atoms with van der Waals surface area (Å²) in [5.41, 5.74) is 3.59. The van der Waals surface area contributed by atoms with Crippen molar-refractivity contribution >= 4 is 16.7 Å². The van der Waals surface area contributed by atoms with E-state index in [2.05, 4.69) is 53.8 Å². The first-order valence-electron chi connectivity index (χ1n) is 8.08. The third kappa shape index (κ3) is 3.57. The summed E-state index contributed by atoms with van der Waals surface area (Å²) in [5.74, 6) is 0.865. The molecule has 1 amide bonds. The molecule has 0 aliphatic carbocycles. The van der Waals surface area contributed by atoms with Crippen LogP contribution >= 0.6 is 0 Å². The maximum atomic E-state index is 11.1. The summed E-state index contributed by atoms with van der Waals surface area (Å²) in [4.78, 5) is 11.1. The predicted octanol–water partition coefficient (Wildman–Crippen LogP) is 4.19. The van der Waals surface area contributed by atoms with Crippen LogP contribution in [0.3, 0.4) is 0 Å². The molecule has 3 aromatic carbocycles. The number of carbonyl (C=O) groups is 1. The van der Waals surface area contributed by atoms with Crippen molar-refractivity contribution in [1.82, 2.24) is 5.32 Å². The number of carbonyl (C=O) groups excluding carboxylic acids is 1. The summed E-state index contributed by atoms with van der Waals surface area (Å²) in [5, 5.41) is 5.31. The first-order valence-corrected chi connectivity index (χ1v) is 8.08. The Hall–Kier alpha value is -2.81. The van der Waals surface area contributed by atoms with Crippen molar-refractivity contribution in [2.75, 3.05) is 13.7 Å². The molecule has 122 valence electrons. The SMILES string of the molecule is COc1ccc(-c2ccc3cccc(CCNC(C)=O)c3c2)cc1. The molecule has 0 spiro atoms. The Kier molecular flexibility index (Phi) is 4.80. The van der Waals surface area contributed by atoms with Gasteiger partial charge in [0.25, 0.3) is 0 Å². The minimum absolute atomic E-state index is 0.00848. The number of rotatable bonds is 5. The lowest BCUT2D eigenvalue weighted by Crippen LogP contribution is -2.22. The molecule has 0 atom stereocenters. The number of benzene rings is 3. The smallest absolute Gasteiger partial charge is 0.216 e. The van der Waals surface area contributed by atoms with Crippen LogP contribution < -0.4 is 10.1 Å². The van der Waals surface area contributed by atoms with Gasteiger partial charge in [-0.15, -0.1) is 0 Å². The third-order valence-corrected chi connectivity index (χ3v) is 4.16. The summed E-state index contributed by atoms with van der Waals surface area (Å²) in [7, 11) is 1.67. The molecule has 0 saturated carbocycles. The Labute approximate surface area is 142 Å². The normalized spacial score (nSPS) is 10.6. The predicted molar refractivity (Wildman–Crippen MR) is 98.3 cm³/mol. The molecule has 0 unspecified atom stereocenters. The van der Waals surface area contributed by atoms with Crippen LogP contribution in [0.25, 0.3) is 21.9 Å². The second kappa shape index (κ2) is 7.18. The van der Waals surface area contributed by atoms with Gasteiger partial charge in [0.05, 0.1) is 7.11 Å². The molecule has 0 fully saturated rings. The van der Waals surface area contributed by atoms with Crippen molar-refractivity contribution in [2.45, 2.75) is 13.3 Å². The van der Waals surface area contributed by atoms with Crippen LogP contribution in [0.15, 0.2) is 60.7 Å². The van der Waals surface area contributed by atoms with E-state index in [0.717, 1.165) is 17.7 Å². The van der Waals surface area contributed by atoms with Crippen molar-refractivity contribution in [3.8, 4) is 16.9 Å². The molecule has 0 radical (unpaired) electrons. The van der Waals surface area contributed by atoms with E-state index in [1.807, 2.05) is 12.1 Å². The molecule has 3 aromatic rings. The van der Waals surface area contributed by atoms with E-state index < -0.39 is 0 Å². The molecule has 0 bridgehead atoms. The minimum atomic E-state index is 0.00848. The second-order valence-electron chi connectivity index (χ2n) is 5.81. The van der Waals surface area contributed by atoms with Crippen molar-refractivity contribution < 1.29 is 9.53 Å². The van der Waals surface area contributed by atoms with Crippen LogP contribution in [0, 0.1) is 0 Å². The van der Waals surface area contributed by atoms with Crippen LogP contribution in [-0.2, 0) is 11.2 Å².